The molecule has 2 bridgehead atoms. The molecule has 3 heteroatoms. The third-order valence-electron chi connectivity index (χ3n) is 8.54. The molecule has 1 heterocycles. The second kappa shape index (κ2) is 8.94. The standard InChI is InChI=1S/C31H34N2O/c1-2-3-7-20-10-15-25(16-11-20)32-31(34)24-14-17-27-26(19-24)28-22-12-13-23(18-22)29(28)30(33-27)21-8-5-4-6-9-21/h4-6,8-11,14-17,19,22-23,28-30,33H,2-3,7,12-13,18H2,1H3,(H,32,34)/t22-,23-,28-,29+,30-/m0/s1. The van der Waals surface area contributed by atoms with Crippen LogP contribution in [0.15, 0.2) is 72.8 Å². The van der Waals surface area contributed by atoms with E-state index < -0.39 is 0 Å². The van der Waals surface area contributed by atoms with Crippen LogP contribution in [0.25, 0.3) is 0 Å². The maximum atomic E-state index is 13.2. The lowest BCUT2D eigenvalue weighted by Crippen LogP contribution is -2.35. The van der Waals surface area contributed by atoms with Crippen molar-refractivity contribution < 1.29 is 4.79 Å². The molecule has 3 aromatic carbocycles. The van der Waals surface area contributed by atoms with Gasteiger partial charge in [-0.15, -0.1) is 0 Å². The number of aryl methyl sites for hydroxylation is 1. The van der Waals surface area contributed by atoms with Gasteiger partial charge in [-0.1, -0.05) is 55.8 Å². The first-order valence-corrected chi connectivity index (χ1v) is 13.1. The first-order valence-electron chi connectivity index (χ1n) is 13.1. The van der Waals surface area contributed by atoms with Crippen molar-refractivity contribution in [3.8, 4) is 0 Å². The number of hydrogen-bond acceptors (Lipinski definition) is 2. The van der Waals surface area contributed by atoms with Gasteiger partial charge in [-0.2, -0.15) is 0 Å². The third kappa shape index (κ3) is 3.81. The summed E-state index contributed by atoms with van der Waals surface area (Å²) in [6, 6.07) is 25.9. The summed E-state index contributed by atoms with van der Waals surface area (Å²) >= 11 is 0. The second-order valence-electron chi connectivity index (χ2n) is 10.5. The molecule has 3 aliphatic rings. The number of amides is 1. The molecule has 3 aromatic rings. The van der Waals surface area contributed by atoms with E-state index in [1.807, 2.05) is 18.2 Å². The average molecular weight is 451 g/mol. The van der Waals surface area contributed by atoms with Gasteiger partial charge in [-0.3, -0.25) is 4.79 Å². The van der Waals surface area contributed by atoms with Gasteiger partial charge in [0.15, 0.2) is 0 Å². The molecule has 34 heavy (non-hydrogen) atoms. The summed E-state index contributed by atoms with van der Waals surface area (Å²) in [5.74, 6) is 2.67. The number of anilines is 2. The van der Waals surface area contributed by atoms with Gasteiger partial charge in [0.05, 0.1) is 6.04 Å². The molecule has 2 saturated carbocycles. The van der Waals surface area contributed by atoms with Gasteiger partial charge in [0.1, 0.15) is 0 Å². The smallest absolute Gasteiger partial charge is 0.255 e. The normalized spacial score (nSPS) is 26.4. The van der Waals surface area contributed by atoms with E-state index in [1.54, 1.807) is 0 Å². The lowest BCUT2D eigenvalue weighted by molar-refractivity contribution is 0.102. The molecule has 174 valence electrons. The molecular formula is C31H34N2O. The summed E-state index contributed by atoms with van der Waals surface area (Å²) in [7, 11) is 0. The second-order valence-corrected chi connectivity index (χ2v) is 10.5. The first kappa shape index (κ1) is 21.5. The Morgan fingerprint density at radius 2 is 1.76 bits per heavy atom. The maximum absolute atomic E-state index is 13.2. The number of carbonyl (C=O) groups is 1. The highest BCUT2D eigenvalue weighted by Crippen LogP contribution is 2.63. The van der Waals surface area contributed by atoms with Gasteiger partial charge < -0.3 is 10.6 Å². The molecule has 6 rings (SSSR count). The van der Waals surface area contributed by atoms with Crippen molar-refractivity contribution in [2.75, 3.05) is 10.6 Å². The van der Waals surface area contributed by atoms with E-state index in [2.05, 4.69) is 72.2 Å². The highest BCUT2D eigenvalue weighted by molar-refractivity contribution is 6.04. The van der Waals surface area contributed by atoms with E-state index >= 15 is 0 Å². The molecule has 0 aromatic heterocycles. The molecule has 0 saturated heterocycles. The molecule has 2 aliphatic carbocycles. The number of nitrogens with one attached hydrogen (secondary N) is 2. The van der Waals surface area contributed by atoms with E-state index in [-0.39, 0.29) is 5.91 Å². The quantitative estimate of drug-likeness (QED) is 0.406. The van der Waals surface area contributed by atoms with Crippen LogP contribution in [0.4, 0.5) is 11.4 Å². The fourth-order valence-electron chi connectivity index (χ4n) is 6.96. The number of benzene rings is 3. The molecule has 5 atom stereocenters. The van der Waals surface area contributed by atoms with Crippen molar-refractivity contribution in [2.24, 2.45) is 17.8 Å². The van der Waals surface area contributed by atoms with Gasteiger partial charge in [0.25, 0.3) is 5.91 Å². The Balaban J connectivity index is 1.26. The summed E-state index contributed by atoms with van der Waals surface area (Å²) in [4.78, 5) is 13.2. The molecule has 0 radical (unpaired) electrons. The van der Waals surface area contributed by atoms with Crippen LogP contribution in [0.3, 0.4) is 0 Å². The van der Waals surface area contributed by atoms with E-state index in [9.17, 15) is 4.79 Å². The Morgan fingerprint density at radius 3 is 2.56 bits per heavy atom. The van der Waals surface area contributed by atoms with Gasteiger partial charge in [0, 0.05) is 16.9 Å². The van der Waals surface area contributed by atoms with Gasteiger partial charge >= 0.3 is 0 Å². The molecule has 1 aliphatic heterocycles. The summed E-state index contributed by atoms with van der Waals surface area (Å²) in [5.41, 5.74) is 6.90. The average Bonchev–Trinajstić information content (AvgIpc) is 3.51. The molecule has 2 N–H and O–H groups in total. The zero-order valence-electron chi connectivity index (χ0n) is 20.0. The lowest BCUT2D eigenvalue weighted by atomic mass is 9.68. The maximum Gasteiger partial charge on any atom is 0.255 e. The van der Waals surface area contributed by atoms with E-state index in [0.29, 0.717) is 17.9 Å². The zero-order valence-corrected chi connectivity index (χ0v) is 20.0. The minimum Gasteiger partial charge on any atom is -0.378 e. The van der Waals surface area contributed by atoms with Crippen LogP contribution in [0.1, 0.15) is 78.0 Å². The molecule has 0 unspecified atom stereocenters. The van der Waals surface area contributed by atoms with Gasteiger partial charge in [-0.25, -0.2) is 0 Å². The van der Waals surface area contributed by atoms with Crippen LogP contribution in [0.5, 0.6) is 0 Å². The molecule has 1 amide bonds. The van der Waals surface area contributed by atoms with Crippen molar-refractivity contribution in [1.82, 2.24) is 0 Å². The number of carbonyl (C=O) groups excluding carboxylic acids is 1. The van der Waals surface area contributed by atoms with Crippen molar-refractivity contribution in [1.29, 1.82) is 0 Å². The highest BCUT2D eigenvalue weighted by Gasteiger charge is 2.53. The fraction of sp³-hybridized carbons (Fsp3) is 0.387. The van der Waals surface area contributed by atoms with Crippen molar-refractivity contribution in [2.45, 2.75) is 57.4 Å². The molecular weight excluding hydrogens is 416 g/mol. The van der Waals surface area contributed by atoms with Crippen LogP contribution in [0, 0.1) is 17.8 Å². The summed E-state index contributed by atoms with van der Waals surface area (Å²) in [6.45, 7) is 2.21. The number of rotatable bonds is 6. The molecule has 3 nitrogen and oxygen atoms in total. The first-order chi connectivity index (χ1) is 16.7. The van der Waals surface area contributed by atoms with Crippen molar-refractivity contribution in [3.63, 3.8) is 0 Å². The SMILES string of the molecule is CCCCc1ccc(NC(=O)c2ccc3c(c2)[C@@H]2[C@H]4CC[C@@H](C4)[C@H]2[C@H](c2ccccc2)N3)cc1. The largest absolute Gasteiger partial charge is 0.378 e. The lowest BCUT2D eigenvalue weighted by Gasteiger charge is -2.43. The minimum atomic E-state index is -0.0194. The van der Waals surface area contributed by atoms with Gasteiger partial charge in [0.2, 0.25) is 0 Å². The molecule has 0 spiro atoms. The topological polar surface area (TPSA) is 41.1 Å². The summed E-state index contributed by atoms with van der Waals surface area (Å²) in [5, 5.41) is 6.99. The van der Waals surface area contributed by atoms with Crippen LogP contribution >= 0.6 is 0 Å². The number of unbranched alkanes of at least 4 members (excludes halogenated alkanes) is 1. The Bertz CT molecular complexity index is 1170. The highest BCUT2D eigenvalue weighted by atomic mass is 16.1. The zero-order chi connectivity index (χ0) is 23.1. The van der Waals surface area contributed by atoms with E-state index in [4.69, 9.17) is 0 Å². The Morgan fingerprint density at radius 1 is 0.971 bits per heavy atom. The Labute approximate surface area is 203 Å². The predicted molar refractivity (Wildman–Crippen MR) is 139 cm³/mol. The Kier molecular flexibility index (Phi) is 5.64. The van der Waals surface area contributed by atoms with Gasteiger partial charge in [-0.05, 0) is 103 Å². The van der Waals surface area contributed by atoms with Crippen LogP contribution in [-0.2, 0) is 6.42 Å². The summed E-state index contributed by atoms with van der Waals surface area (Å²) < 4.78 is 0. The monoisotopic (exact) mass is 450 g/mol. The number of fused-ring (bicyclic) bond motifs is 7. The van der Waals surface area contributed by atoms with Crippen molar-refractivity contribution >= 4 is 17.3 Å². The van der Waals surface area contributed by atoms with Crippen LogP contribution in [-0.4, -0.2) is 5.91 Å². The summed E-state index contributed by atoms with van der Waals surface area (Å²) in [6.07, 6.45) is 7.50. The minimum absolute atomic E-state index is 0.0194. The van der Waals surface area contributed by atoms with Crippen LogP contribution in [0.2, 0.25) is 0 Å². The predicted octanol–water partition coefficient (Wildman–Crippen LogP) is 7.58. The van der Waals surface area contributed by atoms with Crippen LogP contribution < -0.4 is 10.6 Å². The third-order valence-corrected chi connectivity index (χ3v) is 8.54. The molecule has 2 fully saturated rings. The fourth-order valence-corrected chi connectivity index (χ4v) is 6.96. The van der Waals surface area contributed by atoms with E-state index in [1.165, 1.54) is 54.5 Å². The van der Waals surface area contributed by atoms with E-state index in [0.717, 1.165) is 29.5 Å². The Hall–Kier alpha value is -3.07. The van der Waals surface area contributed by atoms with Crippen molar-refractivity contribution in [3.05, 3.63) is 95.1 Å². The number of hydrogen-bond donors (Lipinski definition) is 2.